The maximum absolute atomic E-state index is 12.8. The third-order valence-electron chi connectivity index (χ3n) is 4.62. The lowest BCUT2D eigenvalue weighted by Crippen LogP contribution is -2.49. The predicted molar refractivity (Wildman–Crippen MR) is 99.9 cm³/mol. The molecule has 0 bridgehead atoms. The number of nitrogens with zero attached hydrogens (tertiary/aromatic N) is 2. The molecule has 0 radical (unpaired) electrons. The van der Waals surface area contributed by atoms with E-state index in [1.54, 1.807) is 35.2 Å². The lowest BCUT2D eigenvalue weighted by atomic mass is 10.0. The zero-order chi connectivity index (χ0) is 19.6. The minimum absolute atomic E-state index is 0.0556. The molecule has 1 aliphatic heterocycles. The first-order chi connectivity index (χ1) is 12.8. The Hall–Kier alpha value is -2.71. The van der Waals surface area contributed by atoms with Crippen molar-refractivity contribution < 1.29 is 23.1 Å². The first-order valence-electron chi connectivity index (χ1n) is 8.48. The molecule has 0 spiro atoms. The van der Waals surface area contributed by atoms with Crippen LogP contribution in [0.15, 0.2) is 53.4 Å². The fourth-order valence-corrected chi connectivity index (χ4v) is 4.47. The standard InChI is InChI=1S/C19H20N2O5S/c1-14(22)20-9-11-21(12-10-20)27(25,26)18-7-5-15(6-8-18)16-3-2-4-17(13-16)19(23)24/h2-8,13H,9-12H2,1H3,(H,23,24). The lowest BCUT2D eigenvalue weighted by molar-refractivity contribution is -0.129. The number of carboxylic acids is 1. The number of carboxylic acid groups (broad SMARTS) is 1. The molecule has 27 heavy (non-hydrogen) atoms. The highest BCUT2D eigenvalue weighted by Crippen LogP contribution is 2.24. The Labute approximate surface area is 157 Å². The second-order valence-corrected chi connectivity index (χ2v) is 8.26. The summed E-state index contributed by atoms with van der Waals surface area (Å²) in [6.07, 6.45) is 0. The van der Waals surface area contributed by atoms with E-state index in [1.165, 1.54) is 29.4 Å². The zero-order valence-corrected chi connectivity index (χ0v) is 15.6. The van der Waals surface area contributed by atoms with Crippen molar-refractivity contribution in [3.8, 4) is 11.1 Å². The molecule has 8 heteroatoms. The highest BCUT2D eigenvalue weighted by molar-refractivity contribution is 7.89. The van der Waals surface area contributed by atoms with Gasteiger partial charge in [0.1, 0.15) is 0 Å². The SMILES string of the molecule is CC(=O)N1CCN(S(=O)(=O)c2ccc(-c3cccc(C(=O)O)c3)cc2)CC1. The van der Waals surface area contributed by atoms with Gasteiger partial charge in [0.25, 0.3) is 0 Å². The summed E-state index contributed by atoms with van der Waals surface area (Å²) < 4.78 is 27.0. The van der Waals surface area contributed by atoms with Crippen LogP contribution in [-0.4, -0.2) is 60.8 Å². The Bertz CT molecular complexity index is 962. The maximum Gasteiger partial charge on any atom is 0.335 e. The van der Waals surface area contributed by atoms with Crippen molar-refractivity contribution in [2.45, 2.75) is 11.8 Å². The second kappa shape index (κ2) is 7.50. The molecule has 142 valence electrons. The summed E-state index contributed by atoms with van der Waals surface area (Å²) >= 11 is 0. The van der Waals surface area contributed by atoms with Gasteiger partial charge in [0, 0.05) is 33.1 Å². The van der Waals surface area contributed by atoms with Gasteiger partial charge in [0.2, 0.25) is 15.9 Å². The van der Waals surface area contributed by atoms with Crippen LogP contribution < -0.4 is 0 Å². The van der Waals surface area contributed by atoms with Gasteiger partial charge in [-0.15, -0.1) is 0 Å². The largest absolute Gasteiger partial charge is 0.478 e. The number of hydrogen-bond acceptors (Lipinski definition) is 4. The quantitative estimate of drug-likeness (QED) is 0.863. The first-order valence-corrected chi connectivity index (χ1v) is 9.92. The molecule has 0 aliphatic carbocycles. The van der Waals surface area contributed by atoms with E-state index in [4.69, 9.17) is 5.11 Å². The topological polar surface area (TPSA) is 95.0 Å². The van der Waals surface area contributed by atoms with Gasteiger partial charge in [-0.1, -0.05) is 24.3 Å². The molecule has 1 amide bonds. The number of aromatic carboxylic acids is 1. The van der Waals surface area contributed by atoms with Crippen molar-refractivity contribution in [3.05, 3.63) is 54.1 Å². The molecule has 1 fully saturated rings. The normalized spacial score (nSPS) is 15.5. The summed E-state index contributed by atoms with van der Waals surface area (Å²) in [6.45, 7) is 2.78. The zero-order valence-electron chi connectivity index (χ0n) is 14.8. The number of benzene rings is 2. The van der Waals surface area contributed by atoms with Crippen LogP contribution in [0.3, 0.4) is 0 Å². The second-order valence-electron chi connectivity index (χ2n) is 6.32. The molecular weight excluding hydrogens is 368 g/mol. The minimum atomic E-state index is -3.63. The van der Waals surface area contributed by atoms with E-state index in [2.05, 4.69) is 0 Å². The van der Waals surface area contributed by atoms with E-state index < -0.39 is 16.0 Å². The Morgan fingerprint density at radius 1 is 0.926 bits per heavy atom. The molecule has 1 heterocycles. The number of piperazine rings is 1. The average Bonchev–Trinajstić information content (AvgIpc) is 2.68. The van der Waals surface area contributed by atoms with Crippen LogP contribution in [0.1, 0.15) is 17.3 Å². The molecule has 0 saturated carbocycles. The highest BCUT2D eigenvalue weighted by Gasteiger charge is 2.29. The molecule has 1 saturated heterocycles. The van der Waals surface area contributed by atoms with Crippen molar-refractivity contribution in [1.82, 2.24) is 9.21 Å². The number of hydrogen-bond donors (Lipinski definition) is 1. The van der Waals surface area contributed by atoms with E-state index in [1.807, 2.05) is 0 Å². The van der Waals surface area contributed by atoms with Crippen LogP contribution in [0.4, 0.5) is 0 Å². The van der Waals surface area contributed by atoms with E-state index in [-0.39, 0.29) is 29.5 Å². The smallest absolute Gasteiger partial charge is 0.335 e. The molecule has 2 aromatic rings. The van der Waals surface area contributed by atoms with Gasteiger partial charge in [-0.05, 0) is 35.4 Å². The van der Waals surface area contributed by atoms with Gasteiger partial charge in [-0.25, -0.2) is 13.2 Å². The van der Waals surface area contributed by atoms with Crippen molar-refractivity contribution >= 4 is 21.9 Å². The monoisotopic (exact) mass is 388 g/mol. The van der Waals surface area contributed by atoms with Crippen molar-refractivity contribution in [3.63, 3.8) is 0 Å². The van der Waals surface area contributed by atoms with Crippen molar-refractivity contribution in [2.24, 2.45) is 0 Å². The fourth-order valence-electron chi connectivity index (χ4n) is 3.04. The van der Waals surface area contributed by atoms with Crippen LogP contribution in [0, 0.1) is 0 Å². The average molecular weight is 388 g/mol. The van der Waals surface area contributed by atoms with E-state index in [9.17, 15) is 18.0 Å². The number of carbonyl (C=O) groups excluding carboxylic acids is 1. The van der Waals surface area contributed by atoms with Gasteiger partial charge in [0.05, 0.1) is 10.5 Å². The number of rotatable bonds is 4. The number of sulfonamides is 1. The molecule has 0 aromatic heterocycles. The summed E-state index contributed by atoms with van der Waals surface area (Å²) in [6, 6.07) is 12.9. The lowest BCUT2D eigenvalue weighted by Gasteiger charge is -2.33. The third kappa shape index (κ3) is 4.01. The van der Waals surface area contributed by atoms with E-state index in [0.29, 0.717) is 18.7 Å². The summed E-state index contributed by atoms with van der Waals surface area (Å²) in [5, 5.41) is 9.09. The summed E-state index contributed by atoms with van der Waals surface area (Å²) in [4.78, 5) is 24.3. The maximum atomic E-state index is 12.8. The molecular formula is C19H20N2O5S. The van der Waals surface area contributed by atoms with Crippen LogP contribution in [-0.2, 0) is 14.8 Å². The molecule has 0 atom stereocenters. The van der Waals surface area contributed by atoms with Crippen molar-refractivity contribution in [1.29, 1.82) is 0 Å². The minimum Gasteiger partial charge on any atom is -0.478 e. The van der Waals surface area contributed by atoms with Gasteiger partial charge >= 0.3 is 5.97 Å². The molecule has 1 N–H and O–H groups in total. The Kier molecular flexibility index (Phi) is 5.29. The van der Waals surface area contributed by atoms with E-state index >= 15 is 0 Å². The molecule has 0 unspecified atom stereocenters. The summed E-state index contributed by atoms with van der Waals surface area (Å²) in [7, 11) is -3.63. The van der Waals surface area contributed by atoms with E-state index in [0.717, 1.165) is 5.56 Å². The van der Waals surface area contributed by atoms with Gasteiger partial charge in [-0.3, -0.25) is 4.79 Å². The fraction of sp³-hybridized carbons (Fsp3) is 0.263. The third-order valence-corrected chi connectivity index (χ3v) is 6.53. The Morgan fingerprint density at radius 3 is 2.11 bits per heavy atom. The van der Waals surface area contributed by atoms with Crippen LogP contribution in [0.5, 0.6) is 0 Å². The molecule has 7 nitrogen and oxygen atoms in total. The molecule has 1 aliphatic rings. The number of carbonyl (C=O) groups is 2. The summed E-state index contributed by atoms with van der Waals surface area (Å²) in [5.74, 6) is -1.07. The first kappa shape index (κ1) is 19.1. The summed E-state index contributed by atoms with van der Waals surface area (Å²) in [5.41, 5.74) is 1.61. The highest BCUT2D eigenvalue weighted by atomic mass is 32.2. The van der Waals surface area contributed by atoms with Gasteiger partial charge in [0.15, 0.2) is 0 Å². The van der Waals surface area contributed by atoms with Crippen LogP contribution >= 0.6 is 0 Å². The molecule has 3 rings (SSSR count). The Balaban J connectivity index is 1.80. The van der Waals surface area contributed by atoms with Crippen molar-refractivity contribution in [2.75, 3.05) is 26.2 Å². The molecule has 2 aromatic carbocycles. The van der Waals surface area contributed by atoms with Gasteiger partial charge < -0.3 is 10.0 Å². The van der Waals surface area contributed by atoms with Crippen LogP contribution in [0.2, 0.25) is 0 Å². The predicted octanol–water partition coefficient (Wildman–Crippen LogP) is 1.90. The number of amides is 1. The Morgan fingerprint density at radius 2 is 1.56 bits per heavy atom. The van der Waals surface area contributed by atoms with Crippen LogP contribution in [0.25, 0.3) is 11.1 Å². The van der Waals surface area contributed by atoms with Gasteiger partial charge in [-0.2, -0.15) is 4.31 Å².